The highest BCUT2D eigenvalue weighted by molar-refractivity contribution is 5.70. The number of pyridine rings is 2. The van der Waals surface area contributed by atoms with Gasteiger partial charge in [-0.25, -0.2) is 9.97 Å². The van der Waals surface area contributed by atoms with Gasteiger partial charge in [-0.3, -0.25) is 4.98 Å². The lowest BCUT2D eigenvalue weighted by molar-refractivity contribution is 0.954. The van der Waals surface area contributed by atoms with Crippen LogP contribution in [0.5, 0.6) is 0 Å². The first-order valence-corrected chi connectivity index (χ1v) is 7.67. The number of hydrogen-bond donors (Lipinski definition) is 1. The molecule has 4 heteroatoms. The molecule has 3 heterocycles. The molecular weight excluding hydrogens is 284 g/mol. The highest BCUT2D eigenvalue weighted by atomic mass is 14.9. The summed E-state index contributed by atoms with van der Waals surface area (Å²) in [5.74, 6) is 0. The molecule has 0 aliphatic heterocycles. The van der Waals surface area contributed by atoms with Gasteiger partial charge in [0.2, 0.25) is 0 Å². The van der Waals surface area contributed by atoms with E-state index < -0.39 is 0 Å². The average molecular weight is 300 g/mol. The molecule has 0 spiro atoms. The minimum absolute atomic E-state index is 0.772. The van der Waals surface area contributed by atoms with Crippen molar-refractivity contribution >= 4 is 11.2 Å². The average Bonchev–Trinajstić information content (AvgIpc) is 3.09. The molecule has 4 aromatic rings. The Balaban J connectivity index is 1.46. The smallest absolute Gasteiger partial charge is 0.177 e. The van der Waals surface area contributed by atoms with Crippen LogP contribution in [0.1, 0.15) is 11.1 Å². The molecule has 0 saturated carbocycles. The first kappa shape index (κ1) is 13.6. The predicted molar refractivity (Wildman–Crippen MR) is 91.0 cm³/mol. The van der Waals surface area contributed by atoms with Gasteiger partial charge in [-0.1, -0.05) is 30.3 Å². The number of H-pyrrole nitrogens is 1. The van der Waals surface area contributed by atoms with E-state index in [4.69, 9.17) is 0 Å². The zero-order valence-electron chi connectivity index (χ0n) is 12.6. The van der Waals surface area contributed by atoms with E-state index in [0.29, 0.717) is 0 Å². The van der Waals surface area contributed by atoms with Crippen LogP contribution in [0, 0.1) is 0 Å². The molecular formula is C19H16N4. The van der Waals surface area contributed by atoms with Crippen molar-refractivity contribution in [3.63, 3.8) is 0 Å². The summed E-state index contributed by atoms with van der Waals surface area (Å²) >= 11 is 0. The topological polar surface area (TPSA) is 54.5 Å². The van der Waals surface area contributed by atoms with E-state index >= 15 is 0 Å². The molecule has 0 saturated heterocycles. The molecule has 0 amide bonds. The third-order valence-corrected chi connectivity index (χ3v) is 3.95. The third-order valence-electron chi connectivity index (χ3n) is 3.95. The summed E-state index contributed by atoms with van der Waals surface area (Å²) in [6, 6.07) is 16.7. The number of nitrogens with zero attached hydrogens (tertiary/aromatic N) is 3. The number of imidazole rings is 1. The molecule has 1 aromatic carbocycles. The predicted octanol–water partition coefficient (Wildman–Crippen LogP) is 3.81. The molecule has 1 N–H and O–H groups in total. The van der Waals surface area contributed by atoms with Gasteiger partial charge < -0.3 is 4.98 Å². The fourth-order valence-corrected chi connectivity index (χ4v) is 2.67. The molecule has 0 fully saturated rings. The Morgan fingerprint density at radius 1 is 0.826 bits per heavy atom. The van der Waals surface area contributed by atoms with Crippen molar-refractivity contribution in [3.8, 4) is 11.3 Å². The molecule has 0 atom stereocenters. The molecule has 0 radical (unpaired) electrons. The van der Waals surface area contributed by atoms with Crippen molar-refractivity contribution in [1.82, 2.24) is 19.9 Å². The van der Waals surface area contributed by atoms with E-state index in [1.807, 2.05) is 30.6 Å². The Bertz CT molecular complexity index is 911. The molecule has 112 valence electrons. The Morgan fingerprint density at radius 2 is 1.70 bits per heavy atom. The molecule has 0 bridgehead atoms. The highest BCUT2D eigenvalue weighted by Gasteiger charge is 2.02. The maximum absolute atomic E-state index is 4.38. The second kappa shape index (κ2) is 6.01. The van der Waals surface area contributed by atoms with Crippen LogP contribution in [-0.2, 0) is 12.8 Å². The van der Waals surface area contributed by atoms with Crippen LogP contribution >= 0.6 is 0 Å². The SMILES string of the molecule is c1ccc(-c2ccc(CCc3cnc4nc[nH]c4c3)cc2)nc1. The highest BCUT2D eigenvalue weighted by Crippen LogP contribution is 2.18. The van der Waals surface area contributed by atoms with Crippen molar-refractivity contribution in [3.05, 3.63) is 78.4 Å². The first-order valence-electron chi connectivity index (χ1n) is 7.67. The van der Waals surface area contributed by atoms with Crippen LogP contribution < -0.4 is 0 Å². The van der Waals surface area contributed by atoms with Gasteiger partial charge in [-0.05, 0) is 42.2 Å². The number of fused-ring (bicyclic) bond motifs is 1. The zero-order chi connectivity index (χ0) is 15.5. The molecule has 0 aliphatic carbocycles. The standard InChI is InChI=1S/C19H16N4/c1-2-10-20-17(3-1)16-8-6-14(7-9-16)4-5-15-11-18-19(21-12-15)23-13-22-18/h1-3,6-13H,4-5H2,(H,21,22,23). The Labute approximate surface area is 134 Å². The number of rotatable bonds is 4. The van der Waals surface area contributed by atoms with E-state index in [1.54, 1.807) is 6.33 Å². The quantitative estimate of drug-likeness (QED) is 0.623. The molecule has 4 nitrogen and oxygen atoms in total. The second-order valence-electron chi connectivity index (χ2n) is 5.53. The Hall–Kier alpha value is -3.01. The van der Waals surface area contributed by atoms with Crippen LogP contribution in [0.4, 0.5) is 0 Å². The van der Waals surface area contributed by atoms with Gasteiger partial charge in [0, 0.05) is 18.0 Å². The van der Waals surface area contributed by atoms with Gasteiger partial charge in [0.05, 0.1) is 17.5 Å². The van der Waals surface area contributed by atoms with Crippen LogP contribution in [0.2, 0.25) is 0 Å². The van der Waals surface area contributed by atoms with Crippen molar-refractivity contribution < 1.29 is 0 Å². The van der Waals surface area contributed by atoms with E-state index in [9.17, 15) is 0 Å². The maximum Gasteiger partial charge on any atom is 0.177 e. The van der Waals surface area contributed by atoms with Crippen molar-refractivity contribution in [2.24, 2.45) is 0 Å². The lowest BCUT2D eigenvalue weighted by atomic mass is 10.0. The minimum Gasteiger partial charge on any atom is -0.343 e. The van der Waals surface area contributed by atoms with Gasteiger partial charge in [-0.2, -0.15) is 0 Å². The van der Waals surface area contributed by atoms with Gasteiger partial charge in [-0.15, -0.1) is 0 Å². The molecule has 3 aromatic heterocycles. The molecule has 23 heavy (non-hydrogen) atoms. The lowest BCUT2D eigenvalue weighted by Crippen LogP contribution is -1.93. The van der Waals surface area contributed by atoms with Crippen LogP contribution in [0.15, 0.2) is 67.3 Å². The van der Waals surface area contributed by atoms with Crippen LogP contribution in [0.3, 0.4) is 0 Å². The summed E-state index contributed by atoms with van der Waals surface area (Å²) in [7, 11) is 0. The summed E-state index contributed by atoms with van der Waals surface area (Å²) in [6.45, 7) is 0. The fourth-order valence-electron chi connectivity index (χ4n) is 2.67. The van der Waals surface area contributed by atoms with E-state index in [-0.39, 0.29) is 0 Å². The van der Waals surface area contributed by atoms with Gasteiger partial charge in [0.25, 0.3) is 0 Å². The summed E-state index contributed by atoms with van der Waals surface area (Å²) < 4.78 is 0. The Kier molecular flexibility index (Phi) is 3.56. The number of aryl methyl sites for hydroxylation is 2. The largest absolute Gasteiger partial charge is 0.343 e. The Morgan fingerprint density at radius 3 is 2.52 bits per heavy atom. The third kappa shape index (κ3) is 2.97. The van der Waals surface area contributed by atoms with Gasteiger partial charge >= 0.3 is 0 Å². The van der Waals surface area contributed by atoms with Gasteiger partial charge in [0.15, 0.2) is 5.65 Å². The number of nitrogens with one attached hydrogen (secondary N) is 1. The van der Waals surface area contributed by atoms with Crippen LogP contribution in [-0.4, -0.2) is 19.9 Å². The molecule has 4 rings (SSSR count). The fraction of sp³-hybridized carbons (Fsp3) is 0.105. The van der Waals surface area contributed by atoms with Crippen molar-refractivity contribution in [2.45, 2.75) is 12.8 Å². The molecule has 0 unspecified atom stereocenters. The zero-order valence-corrected chi connectivity index (χ0v) is 12.6. The summed E-state index contributed by atoms with van der Waals surface area (Å²) in [6.07, 6.45) is 7.36. The number of aromatic amines is 1. The van der Waals surface area contributed by atoms with E-state index in [2.05, 4.69) is 50.3 Å². The number of benzene rings is 1. The van der Waals surface area contributed by atoms with Crippen molar-refractivity contribution in [2.75, 3.05) is 0 Å². The summed E-state index contributed by atoms with van der Waals surface area (Å²) in [5, 5.41) is 0. The normalized spacial score (nSPS) is 11.0. The summed E-state index contributed by atoms with van der Waals surface area (Å²) in [4.78, 5) is 16.0. The monoisotopic (exact) mass is 300 g/mol. The summed E-state index contributed by atoms with van der Waals surface area (Å²) in [5.41, 5.74) is 6.45. The number of aromatic nitrogens is 4. The van der Waals surface area contributed by atoms with E-state index in [0.717, 1.165) is 35.3 Å². The number of hydrogen-bond acceptors (Lipinski definition) is 3. The van der Waals surface area contributed by atoms with Crippen LogP contribution in [0.25, 0.3) is 22.4 Å². The van der Waals surface area contributed by atoms with E-state index in [1.165, 1.54) is 11.1 Å². The second-order valence-corrected chi connectivity index (χ2v) is 5.53. The van der Waals surface area contributed by atoms with Gasteiger partial charge in [0.1, 0.15) is 0 Å². The van der Waals surface area contributed by atoms with Crippen molar-refractivity contribution in [1.29, 1.82) is 0 Å². The maximum atomic E-state index is 4.38. The molecule has 0 aliphatic rings. The lowest BCUT2D eigenvalue weighted by Gasteiger charge is -2.04. The first-order chi connectivity index (χ1) is 11.4. The minimum atomic E-state index is 0.772.